The molecule has 4 heterocycles. The van der Waals surface area contributed by atoms with Gasteiger partial charge in [0.25, 0.3) is 5.89 Å². The van der Waals surface area contributed by atoms with Crippen molar-refractivity contribution in [3.63, 3.8) is 0 Å². The number of imidazole rings is 1. The zero-order valence-corrected chi connectivity index (χ0v) is 14.3. The Kier molecular flexibility index (Phi) is 3.65. The largest absolute Gasteiger partial charge is 0.365 e. The molecular formula is C18H13FN4O2S. The molecule has 0 aliphatic carbocycles. The first-order valence-corrected chi connectivity index (χ1v) is 9.00. The number of nitrogens with zero attached hydrogens (tertiary/aromatic N) is 4. The third-order valence-corrected chi connectivity index (χ3v) is 5.06. The number of fused-ring (bicyclic) bond motifs is 1. The lowest BCUT2D eigenvalue weighted by Gasteiger charge is -2.25. The minimum atomic E-state index is -0.256. The number of thiophene rings is 1. The molecule has 1 unspecified atom stereocenters. The van der Waals surface area contributed by atoms with Crippen molar-refractivity contribution in [3.05, 3.63) is 64.5 Å². The Balaban J connectivity index is 1.42. The molecular weight excluding hydrogens is 355 g/mol. The monoisotopic (exact) mass is 368 g/mol. The van der Waals surface area contributed by atoms with Crippen LogP contribution in [0.5, 0.6) is 0 Å². The maximum atomic E-state index is 13.1. The Bertz CT molecular complexity index is 1040. The molecule has 1 aliphatic rings. The molecule has 1 atom stereocenters. The summed E-state index contributed by atoms with van der Waals surface area (Å²) in [5.41, 5.74) is 3.39. The lowest BCUT2D eigenvalue weighted by molar-refractivity contribution is 0.00327. The van der Waals surface area contributed by atoms with Gasteiger partial charge in [-0.15, -0.1) is 0 Å². The second-order valence-electron chi connectivity index (χ2n) is 5.98. The first-order chi connectivity index (χ1) is 12.8. The van der Waals surface area contributed by atoms with Crippen LogP contribution in [-0.2, 0) is 17.9 Å². The van der Waals surface area contributed by atoms with Crippen LogP contribution in [-0.4, -0.2) is 19.7 Å². The average molecular weight is 368 g/mol. The van der Waals surface area contributed by atoms with E-state index in [4.69, 9.17) is 9.26 Å². The summed E-state index contributed by atoms with van der Waals surface area (Å²) in [5, 5.41) is 7.96. The van der Waals surface area contributed by atoms with Gasteiger partial charge in [0.05, 0.1) is 25.2 Å². The molecule has 0 saturated carbocycles. The molecule has 5 rings (SSSR count). The zero-order valence-electron chi connectivity index (χ0n) is 13.5. The highest BCUT2D eigenvalue weighted by atomic mass is 32.1. The fourth-order valence-electron chi connectivity index (χ4n) is 3.01. The highest BCUT2D eigenvalue weighted by Crippen LogP contribution is 2.32. The molecule has 26 heavy (non-hydrogen) atoms. The van der Waals surface area contributed by atoms with Crippen molar-refractivity contribution >= 4 is 11.3 Å². The van der Waals surface area contributed by atoms with Crippen molar-refractivity contribution in [1.29, 1.82) is 0 Å². The van der Waals surface area contributed by atoms with Gasteiger partial charge in [-0.25, -0.2) is 9.37 Å². The topological polar surface area (TPSA) is 66.0 Å². The minimum Gasteiger partial charge on any atom is -0.365 e. The van der Waals surface area contributed by atoms with Gasteiger partial charge in [0, 0.05) is 10.9 Å². The third kappa shape index (κ3) is 2.63. The fraction of sp³-hybridized carbons (Fsp3) is 0.167. The van der Waals surface area contributed by atoms with Crippen molar-refractivity contribution < 1.29 is 13.7 Å². The maximum absolute atomic E-state index is 13.1. The Morgan fingerprint density at radius 3 is 2.88 bits per heavy atom. The first kappa shape index (κ1) is 15.4. The number of halogens is 1. The summed E-state index contributed by atoms with van der Waals surface area (Å²) >= 11 is 1.58. The second-order valence-corrected chi connectivity index (χ2v) is 6.76. The van der Waals surface area contributed by atoms with Crippen molar-refractivity contribution in [2.24, 2.45) is 0 Å². The Morgan fingerprint density at radius 1 is 1.19 bits per heavy atom. The van der Waals surface area contributed by atoms with E-state index < -0.39 is 0 Å². The second kappa shape index (κ2) is 6.15. The van der Waals surface area contributed by atoms with Crippen LogP contribution in [0.25, 0.3) is 23.0 Å². The van der Waals surface area contributed by atoms with E-state index in [1.807, 2.05) is 21.4 Å². The Morgan fingerprint density at radius 2 is 2.08 bits per heavy atom. The van der Waals surface area contributed by atoms with Crippen molar-refractivity contribution in [1.82, 2.24) is 19.7 Å². The molecule has 0 spiro atoms. The fourth-order valence-corrected chi connectivity index (χ4v) is 3.65. The number of ether oxygens (including phenoxy) is 1. The van der Waals surface area contributed by atoms with Gasteiger partial charge >= 0.3 is 0 Å². The lowest BCUT2D eigenvalue weighted by Crippen LogP contribution is -2.20. The van der Waals surface area contributed by atoms with Gasteiger partial charge in [0.2, 0.25) is 5.82 Å². The van der Waals surface area contributed by atoms with Crippen LogP contribution >= 0.6 is 11.3 Å². The lowest BCUT2D eigenvalue weighted by atomic mass is 10.1. The van der Waals surface area contributed by atoms with E-state index in [9.17, 15) is 4.39 Å². The average Bonchev–Trinajstić information content (AvgIpc) is 3.41. The molecule has 8 heteroatoms. The number of hydrogen-bond acceptors (Lipinski definition) is 6. The van der Waals surface area contributed by atoms with Gasteiger partial charge in [-0.1, -0.05) is 17.3 Å². The summed E-state index contributed by atoms with van der Waals surface area (Å²) in [7, 11) is 0. The predicted octanol–water partition coefficient (Wildman–Crippen LogP) is 4.07. The van der Waals surface area contributed by atoms with Crippen LogP contribution in [0.15, 0.2) is 51.9 Å². The third-order valence-electron chi connectivity index (χ3n) is 4.38. The maximum Gasteiger partial charge on any atom is 0.278 e. The van der Waals surface area contributed by atoms with E-state index in [1.165, 1.54) is 12.1 Å². The molecule has 6 nitrogen and oxygen atoms in total. The van der Waals surface area contributed by atoms with Gasteiger partial charge in [0.1, 0.15) is 11.9 Å². The van der Waals surface area contributed by atoms with Crippen molar-refractivity contribution in [2.45, 2.75) is 19.3 Å². The van der Waals surface area contributed by atoms with Crippen LogP contribution in [0.3, 0.4) is 0 Å². The van der Waals surface area contributed by atoms with Gasteiger partial charge < -0.3 is 13.8 Å². The zero-order chi connectivity index (χ0) is 17.5. The molecule has 0 bridgehead atoms. The van der Waals surface area contributed by atoms with E-state index in [1.54, 1.807) is 29.8 Å². The molecule has 0 radical (unpaired) electrons. The summed E-state index contributed by atoms with van der Waals surface area (Å²) in [6.07, 6.45) is 1.60. The molecule has 3 aromatic heterocycles. The van der Waals surface area contributed by atoms with Gasteiger partial charge in [0.15, 0.2) is 5.69 Å². The summed E-state index contributed by atoms with van der Waals surface area (Å²) in [5.74, 6) is 0.667. The number of hydrogen-bond donors (Lipinski definition) is 0. The molecule has 1 aliphatic heterocycles. The smallest absolute Gasteiger partial charge is 0.278 e. The predicted molar refractivity (Wildman–Crippen MR) is 92.8 cm³/mol. The van der Waals surface area contributed by atoms with Crippen molar-refractivity contribution in [3.8, 4) is 23.0 Å². The van der Waals surface area contributed by atoms with Crippen LogP contribution in [0.4, 0.5) is 4.39 Å². The molecule has 0 fully saturated rings. The van der Waals surface area contributed by atoms with Gasteiger partial charge in [-0.3, -0.25) is 0 Å². The molecule has 0 saturated heterocycles. The van der Waals surface area contributed by atoms with E-state index in [0.717, 1.165) is 16.8 Å². The molecule has 1 aromatic carbocycles. The Hall–Kier alpha value is -2.84. The van der Waals surface area contributed by atoms with E-state index >= 15 is 0 Å². The van der Waals surface area contributed by atoms with Crippen LogP contribution in [0.2, 0.25) is 0 Å². The molecule has 130 valence electrons. The summed E-state index contributed by atoms with van der Waals surface area (Å²) in [4.78, 5) is 8.88. The SMILES string of the molecule is Fc1ccc(C2Cn3cnc(-c4nc(-c5ccsc5)no4)c3CO2)cc1. The quantitative estimate of drug-likeness (QED) is 0.545. The Labute approximate surface area is 151 Å². The molecule has 4 aromatic rings. The standard InChI is InChI=1S/C18H13FN4O2S/c19-13-3-1-11(2-4-13)15-7-23-10-20-16(14(23)8-24-15)18-21-17(22-25-18)12-5-6-26-9-12/h1-6,9-10,15H,7-8H2. The summed E-state index contributed by atoms with van der Waals surface area (Å²) in [6.45, 7) is 0.965. The highest BCUT2D eigenvalue weighted by molar-refractivity contribution is 7.08. The first-order valence-electron chi connectivity index (χ1n) is 8.05. The number of rotatable bonds is 3. The van der Waals surface area contributed by atoms with E-state index in [-0.39, 0.29) is 11.9 Å². The van der Waals surface area contributed by atoms with Crippen LogP contribution in [0, 0.1) is 5.82 Å². The van der Waals surface area contributed by atoms with E-state index in [2.05, 4.69) is 15.1 Å². The minimum absolute atomic E-state index is 0.144. The molecule has 0 amide bonds. The normalized spacial score (nSPS) is 16.6. The van der Waals surface area contributed by atoms with Crippen molar-refractivity contribution in [2.75, 3.05) is 0 Å². The van der Waals surface area contributed by atoms with Crippen LogP contribution < -0.4 is 0 Å². The van der Waals surface area contributed by atoms with E-state index in [0.29, 0.717) is 30.6 Å². The van der Waals surface area contributed by atoms with Crippen LogP contribution in [0.1, 0.15) is 17.4 Å². The number of aromatic nitrogens is 4. The number of benzene rings is 1. The summed E-state index contributed by atoms with van der Waals surface area (Å²) < 4.78 is 26.5. The highest BCUT2D eigenvalue weighted by Gasteiger charge is 2.26. The molecule has 0 N–H and O–H groups in total. The summed E-state index contributed by atoms with van der Waals surface area (Å²) in [6, 6.07) is 8.32. The van der Waals surface area contributed by atoms with Gasteiger partial charge in [-0.05, 0) is 29.1 Å². The van der Waals surface area contributed by atoms with Gasteiger partial charge in [-0.2, -0.15) is 16.3 Å².